The third-order valence-corrected chi connectivity index (χ3v) is 5.11. The van der Waals surface area contributed by atoms with Gasteiger partial charge in [0.15, 0.2) is 4.32 Å². The number of anilines is 1. The average molecular weight is 362 g/mol. The minimum absolute atomic E-state index is 0.173. The number of carbonyl (C=O) groups excluding carboxylic acids is 1. The van der Waals surface area contributed by atoms with Crippen molar-refractivity contribution in [3.05, 3.63) is 63.5 Å². The van der Waals surface area contributed by atoms with E-state index in [2.05, 4.69) is 0 Å². The molecule has 1 aliphatic rings. The van der Waals surface area contributed by atoms with Crippen LogP contribution in [0.3, 0.4) is 0 Å². The van der Waals surface area contributed by atoms with Gasteiger partial charge in [0, 0.05) is 5.02 Å². The lowest BCUT2D eigenvalue weighted by molar-refractivity contribution is -0.113. The van der Waals surface area contributed by atoms with Crippen molar-refractivity contribution in [1.82, 2.24) is 0 Å². The number of amides is 1. The number of carbonyl (C=O) groups is 1. The lowest BCUT2D eigenvalue weighted by Crippen LogP contribution is -2.27. The largest absolute Gasteiger partial charge is 0.508 e. The van der Waals surface area contributed by atoms with Crippen molar-refractivity contribution < 1.29 is 9.90 Å². The number of benzene rings is 2. The molecular formula is C17H12ClNO2S2. The molecule has 116 valence electrons. The molecule has 0 aliphatic carbocycles. The van der Waals surface area contributed by atoms with Crippen LogP contribution >= 0.6 is 35.6 Å². The molecule has 0 aromatic heterocycles. The summed E-state index contributed by atoms with van der Waals surface area (Å²) in [4.78, 5) is 14.7. The van der Waals surface area contributed by atoms with Crippen LogP contribution in [0.5, 0.6) is 5.75 Å². The number of phenols is 1. The molecule has 2 aromatic rings. The zero-order valence-electron chi connectivity index (χ0n) is 12.1. The predicted octanol–water partition coefficient (Wildman–Crippen LogP) is 4.76. The molecule has 0 saturated carbocycles. The molecule has 0 radical (unpaired) electrons. The quantitative estimate of drug-likeness (QED) is 0.618. The van der Waals surface area contributed by atoms with Gasteiger partial charge in [0.2, 0.25) is 0 Å². The fraction of sp³-hybridized carbons (Fsp3) is 0.0588. The smallest absolute Gasteiger partial charge is 0.270 e. The summed E-state index contributed by atoms with van der Waals surface area (Å²) >= 11 is 12.7. The highest BCUT2D eigenvalue weighted by Crippen LogP contribution is 2.37. The Kier molecular flexibility index (Phi) is 4.43. The van der Waals surface area contributed by atoms with Gasteiger partial charge in [-0.15, -0.1) is 0 Å². The van der Waals surface area contributed by atoms with E-state index in [1.807, 2.05) is 19.1 Å². The Balaban J connectivity index is 1.93. The van der Waals surface area contributed by atoms with Crippen molar-refractivity contribution in [2.45, 2.75) is 6.92 Å². The van der Waals surface area contributed by atoms with Crippen LogP contribution in [0, 0.1) is 6.92 Å². The molecule has 6 heteroatoms. The fourth-order valence-corrected chi connectivity index (χ4v) is 3.61. The maximum Gasteiger partial charge on any atom is 0.270 e. The Morgan fingerprint density at radius 3 is 2.57 bits per heavy atom. The van der Waals surface area contributed by atoms with E-state index in [0.717, 1.165) is 11.1 Å². The average Bonchev–Trinajstić information content (AvgIpc) is 2.79. The van der Waals surface area contributed by atoms with Crippen molar-refractivity contribution in [2.24, 2.45) is 0 Å². The first-order chi connectivity index (χ1) is 11.0. The van der Waals surface area contributed by atoms with Crippen molar-refractivity contribution >= 4 is 57.6 Å². The molecule has 1 N–H and O–H groups in total. The van der Waals surface area contributed by atoms with Crippen LogP contribution in [0.25, 0.3) is 6.08 Å². The van der Waals surface area contributed by atoms with Crippen LogP contribution in [-0.2, 0) is 4.79 Å². The van der Waals surface area contributed by atoms with Crippen molar-refractivity contribution in [3.63, 3.8) is 0 Å². The van der Waals surface area contributed by atoms with Gasteiger partial charge in [0.05, 0.1) is 10.6 Å². The molecule has 1 saturated heterocycles. The van der Waals surface area contributed by atoms with Crippen LogP contribution in [0.1, 0.15) is 11.1 Å². The number of aryl methyl sites for hydroxylation is 1. The van der Waals surface area contributed by atoms with Gasteiger partial charge in [-0.05, 0) is 48.4 Å². The van der Waals surface area contributed by atoms with Gasteiger partial charge in [-0.2, -0.15) is 0 Å². The summed E-state index contributed by atoms with van der Waals surface area (Å²) in [6, 6.07) is 12.1. The first-order valence-electron chi connectivity index (χ1n) is 6.79. The summed E-state index contributed by atoms with van der Waals surface area (Å²) in [6.07, 6.45) is 1.76. The minimum atomic E-state index is -0.173. The second-order valence-electron chi connectivity index (χ2n) is 5.04. The zero-order valence-corrected chi connectivity index (χ0v) is 14.5. The molecule has 2 aromatic carbocycles. The first kappa shape index (κ1) is 16.1. The molecule has 0 unspecified atom stereocenters. The molecule has 3 nitrogen and oxygen atoms in total. The summed E-state index contributed by atoms with van der Waals surface area (Å²) in [5.41, 5.74) is 2.43. The maximum absolute atomic E-state index is 12.6. The van der Waals surface area contributed by atoms with E-state index in [0.29, 0.717) is 19.9 Å². The fourth-order valence-electron chi connectivity index (χ4n) is 2.13. The van der Waals surface area contributed by atoms with Crippen molar-refractivity contribution in [1.29, 1.82) is 0 Å². The molecule has 1 amide bonds. The molecule has 1 fully saturated rings. The highest BCUT2D eigenvalue weighted by Gasteiger charge is 2.33. The van der Waals surface area contributed by atoms with Crippen molar-refractivity contribution in [3.8, 4) is 5.75 Å². The lowest BCUT2D eigenvalue weighted by atomic mass is 10.2. The normalized spacial score (nSPS) is 16.4. The SMILES string of the molecule is Cc1ccc(N2C(=O)/C(=C/c3ccc(O)cc3)SC2=S)cc1Cl. The highest BCUT2D eigenvalue weighted by atomic mass is 35.5. The molecule has 23 heavy (non-hydrogen) atoms. The Morgan fingerprint density at radius 2 is 1.91 bits per heavy atom. The Labute approximate surface area is 148 Å². The third kappa shape index (κ3) is 3.27. The number of phenolic OH excluding ortho intramolecular Hbond substituents is 1. The van der Waals surface area contributed by atoms with E-state index in [4.69, 9.17) is 23.8 Å². The molecule has 0 atom stereocenters. The van der Waals surface area contributed by atoms with Gasteiger partial charge in [0.25, 0.3) is 5.91 Å². The number of nitrogens with zero attached hydrogens (tertiary/aromatic N) is 1. The summed E-state index contributed by atoms with van der Waals surface area (Å²) in [7, 11) is 0. The Hall–Kier alpha value is -1.82. The topological polar surface area (TPSA) is 40.5 Å². The summed E-state index contributed by atoms with van der Waals surface area (Å²) in [5, 5.41) is 9.91. The van der Waals surface area contributed by atoms with E-state index in [-0.39, 0.29) is 11.7 Å². The number of hydrogen-bond acceptors (Lipinski definition) is 4. The van der Waals surface area contributed by atoms with Crippen LogP contribution in [-0.4, -0.2) is 15.3 Å². The molecule has 0 bridgehead atoms. The second-order valence-corrected chi connectivity index (χ2v) is 7.13. The predicted molar refractivity (Wildman–Crippen MR) is 99.9 cm³/mol. The van der Waals surface area contributed by atoms with Gasteiger partial charge >= 0.3 is 0 Å². The lowest BCUT2D eigenvalue weighted by Gasteiger charge is -2.15. The van der Waals surface area contributed by atoms with Crippen molar-refractivity contribution in [2.75, 3.05) is 4.90 Å². The standard InChI is InChI=1S/C17H12ClNO2S2/c1-10-2-5-12(9-14(10)18)19-16(21)15(23-17(19)22)8-11-3-6-13(20)7-4-11/h2-9,20H,1H3/b15-8-. The Morgan fingerprint density at radius 1 is 1.22 bits per heavy atom. The number of thioether (sulfide) groups is 1. The number of hydrogen-bond donors (Lipinski definition) is 1. The van der Waals surface area contributed by atoms with Gasteiger partial charge in [-0.1, -0.05) is 53.8 Å². The second kappa shape index (κ2) is 6.35. The van der Waals surface area contributed by atoms with Crippen LogP contribution in [0.15, 0.2) is 47.4 Å². The van der Waals surface area contributed by atoms with Gasteiger partial charge < -0.3 is 5.11 Å². The summed E-state index contributed by atoms with van der Waals surface area (Å²) in [5.74, 6) is 0.0111. The van der Waals surface area contributed by atoms with Crippen LogP contribution in [0.2, 0.25) is 5.02 Å². The van der Waals surface area contributed by atoms with Crippen LogP contribution in [0.4, 0.5) is 5.69 Å². The van der Waals surface area contributed by atoms with E-state index < -0.39 is 0 Å². The molecule has 0 spiro atoms. The zero-order chi connectivity index (χ0) is 16.6. The molecular weight excluding hydrogens is 350 g/mol. The number of halogens is 1. The monoisotopic (exact) mass is 361 g/mol. The first-order valence-corrected chi connectivity index (χ1v) is 8.39. The number of rotatable bonds is 2. The van der Waals surface area contributed by atoms with Crippen LogP contribution < -0.4 is 4.90 Å². The van der Waals surface area contributed by atoms with Gasteiger partial charge in [-0.3, -0.25) is 9.69 Å². The molecule has 3 rings (SSSR count). The minimum Gasteiger partial charge on any atom is -0.508 e. The van der Waals surface area contributed by atoms with E-state index in [9.17, 15) is 9.90 Å². The summed E-state index contributed by atoms with van der Waals surface area (Å²) in [6.45, 7) is 1.90. The van der Waals surface area contributed by atoms with E-state index in [1.165, 1.54) is 16.7 Å². The van der Waals surface area contributed by atoms with E-state index >= 15 is 0 Å². The third-order valence-electron chi connectivity index (χ3n) is 3.40. The van der Waals surface area contributed by atoms with E-state index in [1.54, 1.807) is 36.4 Å². The highest BCUT2D eigenvalue weighted by molar-refractivity contribution is 8.27. The summed E-state index contributed by atoms with van der Waals surface area (Å²) < 4.78 is 0.472. The number of thiocarbonyl (C=S) groups is 1. The maximum atomic E-state index is 12.6. The van der Waals surface area contributed by atoms with Gasteiger partial charge in [0.1, 0.15) is 5.75 Å². The number of aromatic hydroxyl groups is 1. The molecule has 1 aliphatic heterocycles. The van der Waals surface area contributed by atoms with Gasteiger partial charge in [-0.25, -0.2) is 0 Å². The molecule has 1 heterocycles. The Bertz CT molecular complexity index is 831.